The highest BCUT2D eigenvalue weighted by atomic mass is 32.1. The summed E-state index contributed by atoms with van der Waals surface area (Å²) in [6.45, 7) is 9.42. The number of rotatable bonds is 7. The lowest BCUT2D eigenvalue weighted by atomic mass is 10.3. The first-order chi connectivity index (χ1) is 10.1. The molecule has 21 heavy (non-hydrogen) atoms. The van der Waals surface area contributed by atoms with Gasteiger partial charge in [0.15, 0.2) is 0 Å². The molecule has 0 fully saturated rings. The molecule has 0 aromatic carbocycles. The van der Waals surface area contributed by atoms with Crippen molar-refractivity contribution in [3.8, 4) is 6.01 Å². The largest absolute Gasteiger partial charge is 0.461 e. The molecular weight excluding hydrogens is 286 g/mol. The summed E-state index contributed by atoms with van der Waals surface area (Å²) in [6, 6.07) is 2.44. The smallest absolute Gasteiger partial charge is 0.323 e. The minimum Gasteiger partial charge on any atom is -0.461 e. The average molecular weight is 307 g/mol. The highest BCUT2D eigenvalue weighted by Crippen LogP contribution is 2.18. The number of aryl methyl sites for hydroxylation is 1. The van der Waals surface area contributed by atoms with Crippen LogP contribution in [0.1, 0.15) is 31.2 Å². The third-order valence-electron chi connectivity index (χ3n) is 2.67. The van der Waals surface area contributed by atoms with Gasteiger partial charge in [-0.05, 0) is 44.7 Å². The van der Waals surface area contributed by atoms with Gasteiger partial charge in [-0.3, -0.25) is 0 Å². The van der Waals surface area contributed by atoms with Gasteiger partial charge >= 0.3 is 6.01 Å². The second-order valence-electron chi connectivity index (χ2n) is 4.84. The molecule has 0 unspecified atom stereocenters. The van der Waals surface area contributed by atoms with E-state index in [9.17, 15) is 0 Å². The van der Waals surface area contributed by atoms with Gasteiger partial charge in [-0.1, -0.05) is 0 Å². The van der Waals surface area contributed by atoms with Crippen LogP contribution in [-0.2, 0) is 6.54 Å². The molecule has 0 aliphatic heterocycles. The lowest BCUT2D eigenvalue weighted by Gasteiger charge is -2.11. The van der Waals surface area contributed by atoms with Crippen LogP contribution in [0.15, 0.2) is 11.4 Å². The van der Waals surface area contributed by atoms with Crippen molar-refractivity contribution in [2.45, 2.75) is 40.3 Å². The van der Waals surface area contributed by atoms with Crippen LogP contribution in [0.25, 0.3) is 0 Å². The number of anilines is 2. The van der Waals surface area contributed by atoms with Crippen molar-refractivity contribution >= 4 is 23.2 Å². The fourth-order valence-electron chi connectivity index (χ4n) is 1.68. The third-order valence-corrected chi connectivity index (χ3v) is 3.69. The van der Waals surface area contributed by atoms with Gasteiger partial charge in [-0.25, -0.2) is 0 Å². The second-order valence-corrected chi connectivity index (χ2v) is 5.84. The molecule has 114 valence electrons. The molecule has 2 rings (SSSR count). The number of hydrogen-bond acceptors (Lipinski definition) is 7. The van der Waals surface area contributed by atoms with E-state index < -0.39 is 0 Å². The van der Waals surface area contributed by atoms with Gasteiger partial charge in [-0.15, -0.1) is 11.3 Å². The van der Waals surface area contributed by atoms with E-state index in [0.717, 1.165) is 6.54 Å². The molecule has 0 radical (unpaired) electrons. The quantitative estimate of drug-likeness (QED) is 0.819. The van der Waals surface area contributed by atoms with Crippen LogP contribution in [0.4, 0.5) is 11.9 Å². The maximum Gasteiger partial charge on any atom is 0.323 e. The molecule has 0 spiro atoms. The van der Waals surface area contributed by atoms with E-state index in [4.69, 9.17) is 4.74 Å². The van der Waals surface area contributed by atoms with E-state index in [1.165, 1.54) is 10.4 Å². The van der Waals surface area contributed by atoms with E-state index >= 15 is 0 Å². The van der Waals surface area contributed by atoms with Crippen LogP contribution in [0.3, 0.4) is 0 Å². The Morgan fingerprint density at radius 3 is 2.48 bits per heavy atom. The zero-order valence-electron chi connectivity index (χ0n) is 12.8. The Morgan fingerprint density at radius 2 is 1.90 bits per heavy atom. The average Bonchev–Trinajstić information content (AvgIpc) is 2.81. The highest BCUT2D eigenvalue weighted by Gasteiger charge is 2.09. The van der Waals surface area contributed by atoms with E-state index in [1.807, 2.05) is 20.8 Å². The van der Waals surface area contributed by atoms with E-state index in [-0.39, 0.29) is 6.10 Å². The molecule has 6 nitrogen and oxygen atoms in total. The summed E-state index contributed by atoms with van der Waals surface area (Å²) in [5.41, 5.74) is 1.27. The lowest BCUT2D eigenvalue weighted by Crippen LogP contribution is -2.13. The van der Waals surface area contributed by atoms with Crippen LogP contribution in [0, 0.1) is 6.92 Å². The molecule has 7 heteroatoms. The highest BCUT2D eigenvalue weighted by molar-refractivity contribution is 7.10. The fourth-order valence-corrected chi connectivity index (χ4v) is 2.53. The zero-order chi connectivity index (χ0) is 15.2. The molecule has 0 saturated carbocycles. The Kier molecular flexibility index (Phi) is 5.32. The van der Waals surface area contributed by atoms with E-state index in [2.05, 4.69) is 44.0 Å². The van der Waals surface area contributed by atoms with Gasteiger partial charge < -0.3 is 15.4 Å². The normalized spacial score (nSPS) is 10.7. The van der Waals surface area contributed by atoms with Crippen molar-refractivity contribution in [1.82, 2.24) is 15.0 Å². The summed E-state index contributed by atoms with van der Waals surface area (Å²) in [4.78, 5) is 14.1. The maximum atomic E-state index is 5.56. The van der Waals surface area contributed by atoms with Gasteiger partial charge in [0.2, 0.25) is 11.9 Å². The topological polar surface area (TPSA) is 72.0 Å². The number of nitrogens with zero attached hydrogens (tertiary/aromatic N) is 3. The third kappa shape index (κ3) is 4.56. The zero-order valence-corrected chi connectivity index (χ0v) is 13.6. The Labute approximate surface area is 129 Å². The van der Waals surface area contributed by atoms with Crippen molar-refractivity contribution in [3.05, 3.63) is 21.9 Å². The summed E-state index contributed by atoms with van der Waals surface area (Å²) in [5.74, 6) is 1.04. The summed E-state index contributed by atoms with van der Waals surface area (Å²) in [7, 11) is 0. The Balaban J connectivity index is 2.13. The fraction of sp³-hybridized carbons (Fsp3) is 0.500. The SMILES string of the molecule is CCNc1nc(NCc2sccc2C)nc(OC(C)C)n1. The molecule has 2 aromatic heterocycles. The Morgan fingerprint density at radius 1 is 1.19 bits per heavy atom. The minimum atomic E-state index is 0.0225. The molecule has 0 saturated heterocycles. The molecule has 2 heterocycles. The summed E-state index contributed by atoms with van der Waals surface area (Å²) in [6.07, 6.45) is 0.0225. The second kappa shape index (κ2) is 7.21. The number of aromatic nitrogens is 3. The summed E-state index contributed by atoms with van der Waals surface area (Å²) in [5, 5.41) is 8.40. The van der Waals surface area contributed by atoms with Crippen molar-refractivity contribution in [2.24, 2.45) is 0 Å². The van der Waals surface area contributed by atoms with Crippen LogP contribution in [-0.4, -0.2) is 27.6 Å². The number of thiophene rings is 1. The van der Waals surface area contributed by atoms with E-state index in [0.29, 0.717) is 24.5 Å². The molecule has 0 aliphatic carbocycles. The van der Waals surface area contributed by atoms with Gasteiger partial charge in [-0.2, -0.15) is 15.0 Å². The summed E-state index contributed by atoms with van der Waals surface area (Å²) < 4.78 is 5.56. The van der Waals surface area contributed by atoms with Crippen LogP contribution < -0.4 is 15.4 Å². The summed E-state index contributed by atoms with van der Waals surface area (Å²) >= 11 is 1.72. The van der Waals surface area contributed by atoms with Crippen LogP contribution in [0.2, 0.25) is 0 Å². The van der Waals surface area contributed by atoms with Crippen LogP contribution >= 0.6 is 11.3 Å². The van der Waals surface area contributed by atoms with Gasteiger partial charge in [0, 0.05) is 11.4 Å². The predicted octanol–water partition coefficient (Wildman–Crippen LogP) is 3.07. The standard InChI is InChI=1S/C14H21N5OS/c1-5-15-12-17-13(19-14(18-12)20-9(2)3)16-8-11-10(4)6-7-21-11/h6-7,9H,5,8H2,1-4H3,(H2,15,16,17,18,19). The van der Waals surface area contributed by atoms with Crippen molar-refractivity contribution < 1.29 is 4.74 Å². The van der Waals surface area contributed by atoms with Crippen molar-refractivity contribution in [2.75, 3.05) is 17.2 Å². The first-order valence-electron chi connectivity index (χ1n) is 7.02. The number of ether oxygens (including phenoxy) is 1. The molecular formula is C14H21N5OS. The molecule has 2 aromatic rings. The first-order valence-corrected chi connectivity index (χ1v) is 7.90. The first kappa shape index (κ1) is 15.5. The predicted molar refractivity (Wildman–Crippen MR) is 86.1 cm³/mol. The van der Waals surface area contributed by atoms with Gasteiger partial charge in [0.25, 0.3) is 0 Å². The van der Waals surface area contributed by atoms with Gasteiger partial charge in [0.05, 0.1) is 12.6 Å². The van der Waals surface area contributed by atoms with Crippen LogP contribution in [0.5, 0.6) is 6.01 Å². The van der Waals surface area contributed by atoms with E-state index in [1.54, 1.807) is 11.3 Å². The van der Waals surface area contributed by atoms with Crippen molar-refractivity contribution in [1.29, 1.82) is 0 Å². The molecule has 0 aliphatic rings. The number of nitrogens with one attached hydrogen (secondary N) is 2. The molecule has 0 amide bonds. The Bertz CT molecular complexity index is 584. The molecule has 2 N–H and O–H groups in total. The molecule has 0 bridgehead atoms. The maximum absolute atomic E-state index is 5.56. The minimum absolute atomic E-state index is 0.0225. The Hall–Kier alpha value is -1.89. The van der Waals surface area contributed by atoms with Gasteiger partial charge in [0.1, 0.15) is 0 Å². The van der Waals surface area contributed by atoms with Crippen molar-refractivity contribution in [3.63, 3.8) is 0 Å². The molecule has 0 atom stereocenters. The monoisotopic (exact) mass is 307 g/mol. The lowest BCUT2D eigenvalue weighted by molar-refractivity contribution is 0.222. The number of hydrogen-bond donors (Lipinski definition) is 2.